The van der Waals surface area contributed by atoms with Crippen LogP contribution in [0, 0.1) is 13.8 Å². The first-order valence-electron chi connectivity index (χ1n) is 7.77. The van der Waals surface area contributed by atoms with Gasteiger partial charge in [-0.15, -0.1) is 0 Å². The zero-order valence-corrected chi connectivity index (χ0v) is 14.9. The molecule has 4 nitrogen and oxygen atoms in total. The Hall–Kier alpha value is -2.33. The molecule has 0 atom stereocenters. The maximum atomic E-state index is 12.2. The van der Waals surface area contributed by atoms with Gasteiger partial charge in [0.1, 0.15) is 0 Å². The lowest BCUT2D eigenvalue weighted by Gasteiger charge is -2.22. The molecule has 0 aliphatic carbocycles. The summed E-state index contributed by atoms with van der Waals surface area (Å²) in [5.74, 6) is -0.309. The van der Waals surface area contributed by atoms with Gasteiger partial charge >= 0.3 is 0 Å². The third-order valence-electron chi connectivity index (χ3n) is 3.64. The molecule has 24 heavy (non-hydrogen) atoms. The molecule has 0 aliphatic rings. The standard InChI is InChI=1S/C19H21ClN2O2/c1-13-10-14(2)12-16(11-13)22(15(3)23)9-8-21-19(24)17-6-4-5-7-18(17)20/h4-7,10-12H,8-9H2,1-3H3,(H,21,24). The van der Waals surface area contributed by atoms with Crippen LogP contribution in [0.1, 0.15) is 28.4 Å². The molecule has 0 saturated heterocycles. The fourth-order valence-corrected chi connectivity index (χ4v) is 2.82. The molecule has 0 saturated carbocycles. The van der Waals surface area contributed by atoms with E-state index in [-0.39, 0.29) is 11.8 Å². The Morgan fingerprint density at radius 3 is 2.29 bits per heavy atom. The molecular weight excluding hydrogens is 324 g/mol. The zero-order chi connectivity index (χ0) is 17.7. The first-order valence-corrected chi connectivity index (χ1v) is 8.15. The maximum Gasteiger partial charge on any atom is 0.252 e. The van der Waals surface area contributed by atoms with Crippen LogP contribution in [-0.2, 0) is 4.79 Å². The maximum absolute atomic E-state index is 12.2. The van der Waals surface area contributed by atoms with Crippen LogP contribution in [0.5, 0.6) is 0 Å². The molecule has 0 radical (unpaired) electrons. The average molecular weight is 345 g/mol. The van der Waals surface area contributed by atoms with E-state index in [1.165, 1.54) is 6.92 Å². The lowest BCUT2D eigenvalue weighted by atomic mass is 10.1. The lowest BCUT2D eigenvalue weighted by molar-refractivity contribution is -0.116. The van der Waals surface area contributed by atoms with Gasteiger partial charge in [0.15, 0.2) is 0 Å². The molecular formula is C19H21ClN2O2. The first kappa shape index (κ1) is 18.0. The van der Waals surface area contributed by atoms with Crippen molar-refractivity contribution < 1.29 is 9.59 Å². The summed E-state index contributed by atoms with van der Waals surface area (Å²) in [6.45, 7) is 6.25. The normalized spacial score (nSPS) is 10.3. The van der Waals surface area contributed by atoms with E-state index >= 15 is 0 Å². The molecule has 2 aromatic carbocycles. The van der Waals surface area contributed by atoms with Crippen LogP contribution in [0.25, 0.3) is 0 Å². The molecule has 0 spiro atoms. The van der Waals surface area contributed by atoms with Crippen molar-refractivity contribution in [3.8, 4) is 0 Å². The highest BCUT2D eigenvalue weighted by atomic mass is 35.5. The number of anilines is 1. The molecule has 1 N–H and O–H groups in total. The lowest BCUT2D eigenvalue weighted by Crippen LogP contribution is -2.37. The van der Waals surface area contributed by atoms with Crippen molar-refractivity contribution in [2.24, 2.45) is 0 Å². The summed E-state index contributed by atoms with van der Waals surface area (Å²) in [5, 5.41) is 3.22. The second-order valence-electron chi connectivity index (χ2n) is 5.75. The van der Waals surface area contributed by atoms with Gasteiger partial charge in [0.2, 0.25) is 5.91 Å². The second kappa shape index (κ2) is 7.97. The number of rotatable bonds is 5. The number of nitrogens with zero attached hydrogens (tertiary/aromatic N) is 1. The SMILES string of the molecule is CC(=O)N(CCNC(=O)c1ccccc1Cl)c1cc(C)cc(C)c1. The van der Waals surface area contributed by atoms with Crippen LogP contribution in [0.2, 0.25) is 5.02 Å². The topological polar surface area (TPSA) is 49.4 Å². The van der Waals surface area contributed by atoms with Crippen LogP contribution in [0.4, 0.5) is 5.69 Å². The van der Waals surface area contributed by atoms with E-state index in [2.05, 4.69) is 11.4 Å². The van der Waals surface area contributed by atoms with Crippen molar-refractivity contribution in [2.45, 2.75) is 20.8 Å². The molecule has 2 aromatic rings. The Balaban J connectivity index is 2.03. The first-order chi connectivity index (χ1) is 11.4. The summed E-state index contributed by atoms with van der Waals surface area (Å²) in [7, 11) is 0. The van der Waals surface area contributed by atoms with E-state index in [4.69, 9.17) is 11.6 Å². The highest BCUT2D eigenvalue weighted by molar-refractivity contribution is 6.33. The minimum Gasteiger partial charge on any atom is -0.350 e. The molecule has 0 aliphatic heterocycles. The number of aryl methyl sites for hydroxylation is 2. The summed E-state index contributed by atoms with van der Waals surface area (Å²) < 4.78 is 0. The third-order valence-corrected chi connectivity index (χ3v) is 3.97. The van der Waals surface area contributed by atoms with Crippen molar-refractivity contribution in [3.05, 3.63) is 64.2 Å². The number of nitrogens with one attached hydrogen (secondary N) is 1. The molecule has 5 heteroatoms. The summed E-state index contributed by atoms with van der Waals surface area (Å²) in [6.07, 6.45) is 0. The van der Waals surface area contributed by atoms with Crippen LogP contribution in [-0.4, -0.2) is 24.9 Å². The Morgan fingerprint density at radius 1 is 1.08 bits per heavy atom. The number of amides is 2. The fourth-order valence-electron chi connectivity index (χ4n) is 2.60. The van der Waals surface area contributed by atoms with Gasteiger partial charge < -0.3 is 10.2 Å². The molecule has 2 amide bonds. The predicted molar refractivity (Wildman–Crippen MR) is 97.7 cm³/mol. The van der Waals surface area contributed by atoms with Crippen molar-refractivity contribution in [2.75, 3.05) is 18.0 Å². The minimum absolute atomic E-state index is 0.0630. The molecule has 0 bridgehead atoms. The molecule has 126 valence electrons. The van der Waals surface area contributed by atoms with Crippen LogP contribution < -0.4 is 10.2 Å². The predicted octanol–water partition coefficient (Wildman–Crippen LogP) is 3.74. The van der Waals surface area contributed by atoms with Crippen molar-refractivity contribution in [1.82, 2.24) is 5.32 Å². The molecule has 0 unspecified atom stereocenters. The van der Waals surface area contributed by atoms with Gasteiger partial charge in [-0.1, -0.05) is 29.8 Å². The quantitative estimate of drug-likeness (QED) is 0.898. The van der Waals surface area contributed by atoms with E-state index < -0.39 is 0 Å². The van der Waals surface area contributed by atoms with Gasteiger partial charge in [0.05, 0.1) is 10.6 Å². The van der Waals surface area contributed by atoms with Crippen LogP contribution in [0.3, 0.4) is 0 Å². The summed E-state index contributed by atoms with van der Waals surface area (Å²) in [4.78, 5) is 25.8. The van der Waals surface area contributed by atoms with Crippen molar-refractivity contribution in [3.63, 3.8) is 0 Å². The smallest absolute Gasteiger partial charge is 0.252 e. The minimum atomic E-state index is -0.246. The third kappa shape index (κ3) is 4.59. The number of benzene rings is 2. The summed E-state index contributed by atoms with van der Waals surface area (Å²) >= 11 is 6.02. The van der Waals surface area contributed by atoms with Gasteiger partial charge in [0, 0.05) is 25.7 Å². The highest BCUT2D eigenvalue weighted by Gasteiger charge is 2.14. The second-order valence-corrected chi connectivity index (χ2v) is 6.16. The highest BCUT2D eigenvalue weighted by Crippen LogP contribution is 2.19. The summed E-state index contributed by atoms with van der Waals surface area (Å²) in [6, 6.07) is 12.9. The molecule has 2 rings (SSSR count). The molecule has 0 heterocycles. The van der Waals surface area contributed by atoms with Gasteiger partial charge in [0.25, 0.3) is 5.91 Å². The largest absolute Gasteiger partial charge is 0.350 e. The number of hydrogen-bond donors (Lipinski definition) is 1. The number of carbonyl (C=O) groups excluding carboxylic acids is 2. The van der Waals surface area contributed by atoms with E-state index in [1.807, 2.05) is 26.0 Å². The molecule has 0 fully saturated rings. The Morgan fingerprint density at radius 2 is 1.71 bits per heavy atom. The van der Waals surface area contributed by atoms with E-state index in [0.717, 1.165) is 16.8 Å². The van der Waals surface area contributed by atoms with Crippen LogP contribution in [0.15, 0.2) is 42.5 Å². The van der Waals surface area contributed by atoms with E-state index in [9.17, 15) is 9.59 Å². The Bertz CT molecular complexity index is 739. The fraction of sp³-hybridized carbons (Fsp3) is 0.263. The number of carbonyl (C=O) groups is 2. The van der Waals surface area contributed by atoms with Crippen LogP contribution >= 0.6 is 11.6 Å². The summed E-state index contributed by atoms with van der Waals surface area (Å²) in [5.41, 5.74) is 3.46. The van der Waals surface area contributed by atoms with Crippen molar-refractivity contribution >= 4 is 29.1 Å². The van der Waals surface area contributed by atoms with Gasteiger partial charge in [-0.25, -0.2) is 0 Å². The average Bonchev–Trinajstić information content (AvgIpc) is 2.50. The Kier molecular flexibility index (Phi) is 5.99. The van der Waals surface area contributed by atoms with E-state index in [0.29, 0.717) is 23.7 Å². The van der Waals surface area contributed by atoms with Gasteiger partial charge in [-0.05, 0) is 49.2 Å². The monoisotopic (exact) mass is 344 g/mol. The van der Waals surface area contributed by atoms with E-state index in [1.54, 1.807) is 29.2 Å². The Labute approximate surface area is 147 Å². The van der Waals surface area contributed by atoms with Crippen molar-refractivity contribution in [1.29, 1.82) is 0 Å². The number of hydrogen-bond acceptors (Lipinski definition) is 2. The number of halogens is 1. The van der Waals surface area contributed by atoms with Gasteiger partial charge in [-0.2, -0.15) is 0 Å². The molecule has 0 aromatic heterocycles. The zero-order valence-electron chi connectivity index (χ0n) is 14.1. The van der Waals surface area contributed by atoms with Gasteiger partial charge in [-0.3, -0.25) is 9.59 Å².